The molecule has 2 aromatic heterocycles. The number of ketones is 1. The number of amides is 1. The van der Waals surface area contributed by atoms with Gasteiger partial charge in [0.1, 0.15) is 0 Å². The van der Waals surface area contributed by atoms with Crippen LogP contribution >= 0.6 is 11.3 Å². The van der Waals surface area contributed by atoms with Gasteiger partial charge in [-0.25, -0.2) is 0 Å². The van der Waals surface area contributed by atoms with E-state index in [1.807, 2.05) is 23.6 Å². The summed E-state index contributed by atoms with van der Waals surface area (Å²) in [5, 5.41) is 4.79. The first-order valence-corrected chi connectivity index (χ1v) is 9.10. The Bertz CT molecular complexity index is 673. The monoisotopic (exact) mass is 343 g/mol. The van der Waals surface area contributed by atoms with Gasteiger partial charge in [0.15, 0.2) is 5.78 Å². The topological polar surface area (TPSA) is 62.3 Å². The molecule has 1 aliphatic heterocycles. The maximum absolute atomic E-state index is 12.5. The highest BCUT2D eigenvalue weighted by Crippen LogP contribution is 2.23. The zero-order valence-corrected chi connectivity index (χ0v) is 14.3. The molecule has 0 radical (unpaired) electrons. The molecule has 0 bridgehead atoms. The van der Waals surface area contributed by atoms with E-state index < -0.39 is 0 Å². The zero-order chi connectivity index (χ0) is 16.8. The summed E-state index contributed by atoms with van der Waals surface area (Å²) in [6.07, 6.45) is 5.68. The van der Waals surface area contributed by atoms with Crippen LogP contribution in [0, 0.1) is 5.92 Å². The Balaban J connectivity index is 1.47. The molecule has 5 nitrogen and oxygen atoms in total. The van der Waals surface area contributed by atoms with Crippen molar-refractivity contribution in [1.29, 1.82) is 0 Å². The van der Waals surface area contributed by atoms with Crippen molar-refractivity contribution in [3.05, 3.63) is 46.9 Å². The molecule has 24 heavy (non-hydrogen) atoms. The van der Waals surface area contributed by atoms with E-state index in [0.717, 1.165) is 30.8 Å². The number of aromatic nitrogens is 1. The van der Waals surface area contributed by atoms with Gasteiger partial charge in [-0.3, -0.25) is 14.6 Å². The highest BCUT2D eigenvalue weighted by molar-refractivity contribution is 7.12. The number of Topliss-reactive ketones (excluding diaryl/α,β-unsaturated/α-hetero) is 1. The fourth-order valence-electron chi connectivity index (χ4n) is 3.01. The minimum Gasteiger partial charge on any atom is -0.325 e. The Morgan fingerprint density at radius 2 is 2.25 bits per heavy atom. The number of thiophene rings is 1. The molecule has 6 heteroatoms. The predicted octanol–water partition coefficient (Wildman–Crippen LogP) is 3.07. The van der Waals surface area contributed by atoms with Gasteiger partial charge in [-0.1, -0.05) is 6.07 Å². The summed E-state index contributed by atoms with van der Waals surface area (Å²) in [4.78, 5) is 31.6. The fourth-order valence-corrected chi connectivity index (χ4v) is 3.76. The summed E-state index contributed by atoms with van der Waals surface area (Å²) in [5.74, 6) is 0.281. The van der Waals surface area contributed by atoms with Crippen molar-refractivity contribution in [3.63, 3.8) is 0 Å². The van der Waals surface area contributed by atoms with Crippen molar-refractivity contribution in [2.45, 2.75) is 19.3 Å². The van der Waals surface area contributed by atoms with E-state index in [4.69, 9.17) is 0 Å². The van der Waals surface area contributed by atoms with Crippen molar-refractivity contribution in [3.8, 4) is 0 Å². The molecule has 1 amide bonds. The highest BCUT2D eigenvalue weighted by atomic mass is 32.1. The predicted molar refractivity (Wildman–Crippen MR) is 95.3 cm³/mol. The lowest BCUT2D eigenvalue weighted by Gasteiger charge is -2.31. The summed E-state index contributed by atoms with van der Waals surface area (Å²) in [7, 11) is 0. The van der Waals surface area contributed by atoms with Crippen LogP contribution in [0.2, 0.25) is 0 Å². The number of hydrogen-bond donors (Lipinski definition) is 1. The molecule has 1 N–H and O–H groups in total. The molecule has 0 aliphatic carbocycles. The van der Waals surface area contributed by atoms with Gasteiger partial charge >= 0.3 is 0 Å². The number of anilines is 1. The number of pyridine rings is 1. The van der Waals surface area contributed by atoms with Gasteiger partial charge < -0.3 is 10.2 Å². The van der Waals surface area contributed by atoms with Crippen LogP contribution in [-0.4, -0.2) is 41.2 Å². The Morgan fingerprint density at radius 3 is 3.00 bits per heavy atom. The summed E-state index contributed by atoms with van der Waals surface area (Å²) < 4.78 is 0. The zero-order valence-electron chi connectivity index (χ0n) is 13.5. The van der Waals surface area contributed by atoms with Gasteiger partial charge in [0.2, 0.25) is 5.91 Å². The second-order valence-corrected chi connectivity index (χ2v) is 6.97. The third kappa shape index (κ3) is 4.49. The largest absolute Gasteiger partial charge is 0.325 e. The number of carbonyl (C=O) groups is 2. The number of likely N-dealkylation sites (tertiary alicyclic amines) is 1. The quantitative estimate of drug-likeness (QED) is 0.819. The first kappa shape index (κ1) is 16.8. The molecule has 126 valence electrons. The SMILES string of the molecule is O=C(CCN1CCCC(C(=O)c2cccs2)C1)Nc1cccnc1. The summed E-state index contributed by atoms with van der Waals surface area (Å²) >= 11 is 1.51. The molecule has 1 saturated heterocycles. The molecule has 3 rings (SSSR count). The van der Waals surface area contributed by atoms with Crippen LogP contribution in [0.5, 0.6) is 0 Å². The van der Waals surface area contributed by atoms with Gasteiger partial charge in [-0.15, -0.1) is 11.3 Å². The number of rotatable bonds is 6. The van der Waals surface area contributed by atoms with E-state index in [1.54, 1.807) is 18.5 Å². The van der Waals surface area contributed by atoms with Gasteiger partial charge in [0.25, 0.3) is 0 Å². The first-order chi connectivity index (χ1) is 11.7. The van der Waals surface area contributed by atoms with E-state index in [0.29, 0.717) is 18.7 Å². The number of nitrogens with zero attached hydrogens (tertiary/aromatic N) is 2. The fraction of sp³-hybridized carbons (Fsp3) is 0.389. The molecule has 0 spiro atoms. The van der Waals surface area contributed by atoms with Gasteiger partial charge in [-0.2, -0.15) is 0 Å². The molecule has 2 aromatic rings. The lowest BCUT2D eigenvalue weighted by atomic mass is 9.93. The Labute approximate surface area is 145 Å². The lowest BCUT2D eigenvalue weighted by molar-refractivity contribution is -0.116. The Kier molecular flexibility index (Phi) is 5.72. The lowest BCUT2D eigenvalue weighted by Crippen LogP contribution is -2.40. The number of carbonyl (C=O) groups excluding carboxylic acids is 2. The van der Waals surface area contributed by atoms with Gasteiger partial charge in [0, 0.05) is 31.6 Å². The smallest absolute Gasteiger partial charge is 0.225 e. The van der Waals surface area contributed by atoms with E-state index >= 15 is 0 Å². The molecule has 1 aliphatic rings. The van der Waals surface area contributed by atoms with E-state index in [1.165, 1.54) is 11.3 Å². The summed E-state index contributed by atoms with van der Waals surface area (Å²) in [6, 6.07) is 7.43. The first-order valence-electron chi connectivity index (χ1n) is 8.22. The average molecular weight is 343 g/mol. The van der Waals surface area contributed by atoms with Crippen LogP contribution < -0.4 is 5.32 Å². The van der Waals surface area contributed by atoms with Crippen LogP contribution in [0.15, 0.2) is 42.0 Å². The van der Waals surface area contributed by atoms with Crippen molar-refractivity contribution >= 4 is 28.7 Å². The van der Waals surface area contributed by atoms with Crippen molar-refractivity contribution in [1.82, 2.24) is 9.88 Å². The highest BCUT2D eigenvalue weighted by Gasteiger charge is 2.27. The molecule has 1 fully saturated rings. The van der Waals surface area contributed by atoms with E-state index in [9.17, 15) is 9.59 Å². The molecule has 3 heterocycles. The minimum atomic E-state index is -0.0188. The van der Waals surface area contributed by atoms with Crippen LogP contribution in [0.4, 0.5) is 5.69 Å². The standard InChI is InChI=1S/C18H21N3O2S/c22-17(20-15-5-1-8-19-12-15)7-10-21-9-2-4-14(13-21)18(23)16-6-3-11-24-16/h1,3,5-6,8,11-12,14H,2,4,7,9-10,13H2,(H,20,22). The van der Waals surface area contributed by atoms with Crippen molar-refractivity contribution < 1.29 is 9.59 Å². The van der Waals surface area contributed by atoms with Crippen molar-refractivity contribution in [2.24, 2.45) is 5.92 Å². The number of piperidine rings is 1. The van der Waals surface area contributed by atoms with Crippen LogP contribution in [0.1, 0.15) is 28.9 Å². The molecule has 0 saturated carbocycles. The normalized spacial score (nSPS) is 18.2. The van der Waals surface area contributed by atoms with E-state index in [-0.39, 0.29) is 17.6 Å². The number of nitrogens with one attached hydrogen (secondary N) is 1. The third-order valence-corrected chi connectivity index (χ3v) is 5.13. The van der Waals surface area contributed by atoms with Crippen molar-refractivity contribution in [2.75, 3.05) is 25.0 Å². The second-order valence-electron chi connectivity index (χ2n) is 6.02. The number of hydrogen-bond acceptors (Lipinski definition) is 5. The van der Waals surface area contributed by atoms with Crippen LogP contribution in [0.3, 0.4) is 0 Å². The Morgan fingerprint density at radius 1 is 1.33 bits per heavy atom. The third-order valence-electron chi connectivity index (χ3n) is 4.24. The summed E-state index contributed by atoms with van der Waals surface area (Å²) in [5.41, 5.74) is 0.715. The average Bonchev–Trinajstić information content (AvgIpc) is 3.15. The van der Waals surface area contributed by atoms with E-state index in [2.05, 4.69) is 15.2 Å². The van der Waals surface area contributed by atoms with Gasteiger partial charge in [0.05, 0.1) is 16.8 Å². The summed E-state index contributed by atoms with van der Waals surface area (Å²) in [6.45, 7) is 2.38. The molecule has 1 unspecified atom stereocenters. The molecule has 0 aromatic carbocycles. The molecule has 1 atom stereocenters. The second kappa shape index (κ2) is 8.17. The van der Waals surface area contributed by atoms with Gasteiger partial charge in [-0.05, 0) is 43.0 Å². The molecular weight excluding hydrogens is 322 g/mol. The minimum absolute atomic E-state index is 0.0188. The maximum atomic E-state index is 12.5. The van der Waals surface area contributed by atoms with Crippen LogP contribution in [-0.2, 0) is 4.79 Å². The Hall–Kier alpha value is -2.05. The molecular formula is C18H21N3O2S. The van der Waals surface area contributed by atoms with Crippen LogP contribution in [0.25, 0.3) is 0 Å². The maximum Gasteiger partial charge on any atom is 0.225 e.